The number of amides is 1. The van der Waals surface area contributed by atoms with Crippen molar-refractivity contribution in [1.82, 2.24) is 20.0 Å². The Morgan fingerprint density at radius 3 is 2.62 bits per heavy atom. The Labute approximate surface area is 174 Å². The second kappa shape index (κ2) is 8.88. The Morgan fingerprint density at radius 2 is 1.93 bits per heavy atom. The predicted molar refractivity (Wildman–Crippen MR) is 116 cm³/mol. The molecule has 2 aromatic heterocycles. The van der Waals surface area contributed by atoms with Gasteiger partial charge < -0.3 is 5.32 Å². The van der Waals surface area contributed by atoms with E-state index in [1.165, 1.54) is 22.4 Å². The normalized spacial score (nSPS) is 15.6. The highest BCUT2D eigenvalue weighted by Gasteiger charge is 2.25. The van der Waals surface area contributed by atoms with Crippen LogP contribution in [0, 0.1) is 0 Å². The van der Waals surface area contributed by atoms with Gasteiger partial charge in [0, 0.05) is 23.4 Å². The van der Waals surface area contributed by atoms with Crippen LogP contribution < -0.4 is 10.9 Å². The van der Waals surface area contributed by atoms with Crippen molar-refractivity contribution in [1.29, 1.82) is 0 Å². The lowest BCUT2D eigenvalue weighted by Crippen LogP contribution is -2.37. The lowest BCUT2D eigenvalue weighted by atomic mass is 10.1. The number of benzene rings is 1. The molecule has 3 heterocycles. The molecule has 0 bridgehead atoms. The first kappa shape index (κ1) is 19.8. The predicted octanol–water partition coefficient (Wildman–Crippen LogP) is 3.43. The van der Waals surface area contributed by atoms with Crippen molar-refractivity contribution in [2.75, 3.05) is 19.6 Å². The monoisotopic (exact) mass is 410 g/mol. The minimum atomic E-state index is -0.230. The van der Waals surface area contributed by atoms with Gasteiger partial charge in [-0.15, -0.1) is 11.3 Å². The maximum atomic E-state index is 13.1. The van der Waals surface area contributed by atoms with E-state index >= 15 is 0 Å². The quantitative estimate of drug-likeness (QED) is 0.648. The lowest BCUT2D eigenvalue weighted by Gasteiger charge is -2.27. The van der Waals surface area contributed by atoms with Gasteiger partial charge in [-0.1, -0.05) is 31.2 Å². The van der Waals surface area contributed by atoms with Crippen LogP contribution in [-0.4, -0.2) is 40.2 Å². The Balaban J connectivity index is 1.61. The number of carbonyl (C=O) groups excluding carboxylic acids is 1. The summed E-state index contributed by atoms with van der Waals surface area (Å²) in [4.78, 5) is 29.5. The largest absolute Gasteiger partial charge is 0.349 e. The minimum absolute atomic E-state index is 0.146. The molecular weight excluding hydrogens is 384 g/mol. The molecule has 29 heavy (non-hydrogen) atoms. The average molecular weight is 411 g/mol. The topological polar surface area (TPSA) is 67.2 Å². The number of nitrogens with zero attached hydrogens (tertiary/aromatic N) is 3. The average Bonchev–Trinajstić information content (AvgIpc) is 3.45. The molecule has 1 fully saturated rings. The molecule has 7 heteroatoms. The SMILES string of the molecule is CCCn1nc(C(=O)NC[C@H](c2cccs2)N2CCCC2)c2ccccc2c1=O. The van der Waals surface area contributed by atoms with E-state index in [1.54, 1.807) is 23.5 Å². The van der Waals surface area contributed by atoms with Gasteiger partial charge in [-0.2, -0.15) is 5.10 Å². The number of likely N-dealkylation sites (tertiary alicyclic amines) is 1. The van der Waals surface area contributed by atoms with Crippen molar-refractivity contribution < 1.29 is 4.79 Å². The molecule has 3 aromatic rings. The number of carbonyl (C=O) groups is 1. The molecule has 1 saturated heterocycles. The van der Waals surface area contributed by atoms with Gasteiger partial charge in [0.15, 0.2) is 5.69 Å². The number of thiophene rings is 1. The van der Waals surface area contributed by atoms with Gasteiger partial charge in [0.2, 0.25) is 0 Å². The van der Waals surface area contributed by atoms with Crippen molar-refractivity contribution in [3.8, 4) is 0 Å². The highest BCUT2D eigenvalue weighted by atomic mass is 32.1. The maximum absolute atomic E-state index is 13.1. The zero-order valence-corrected chi connectivity index (χ0v) is 17.5. The summed E-state index contributed by atoms with van der Waals surface area (Å²) in [7, 11) is 0. The molecule has 1 amide bonds. The summed E-state index contributed by atoms with van der Waals surface area (Å²) < 4.78 is 1.41. The van der Waals surface area contributed by atoms with Gasteiger partial charge in [0.05, 0.1) is 11.4 Å². The highest BCUT2D eigenvalue weighted by molar-refractivity contribution is 7.10. The molecule has 0 aliphatic carbocycles. The van der Waals surface area contributed by atoms with Crippen LogP contribution in [-0.2, 0) is 6.54 Å². The second-order valence-electron chi connectivity index (χ2n) is 7.41. The highest BCUT2D eigenvalue weighted by Crippen LogP contribution is 2.28. The van der Waals surface area contributed by atoms with E-state index in [4.69, 9.17) is 0 Å². The van der Waals surface area contributed by atoms with Crippen molar-refractivity contribution in [2.45, 2.75) is 38.8 Å². The zero-order valence-electron chi connectivity index (χ0n) is 16.6. The van der Waals surface area contributed by atoms with E-state index in [9.17, 15) is 9.59 Å². The fraction of sp³-hybridized carbons (Fsp3) is 0.409. The third kappa shape index (κ3) is 4.11. The van der Waals surface area contributed by atoms with Crippen LogP contribution in [0.3, 0.4) is 0 Å². The van der Waals surface area contributed by atoms with Gasteiger partial charge in [-0.3, -0.25) is 14.5 Å². The molecule has 0 spiro atoms. The fourth-order valence-electron chi connectivity index (χ4n) is 3.98. The Morgan fingerprint density at radius 1 is 1.17 bits per heavy atom. The van der Waals surface area contributed by atoms with Gasteiger partial charge in [-0.05, 0) is 49.9 Å². The first-order valence-electron chi connectivity index (χ1n) is 10.2. The number of aryl methyl sites for hydroxylation is 1. The molecule has 0 saturated carbocycles. The molecule has 1 aliphatic heterocycles. The van der Waals surface area contributed by atoms with E-state index in [1.807, 2.05) is 19.1 Å². The van der Waals surface area contributed by atoms with E-state index in [2.05, 4.69) is 32.8 Å². The Bertz CT molecular complexity index is 1040. The summed E-state index contributed by atoms with van der Waals surface area (Å²) in [5, 5.41) is 10.7. The standard InChI is InChI=1S/C22H26N4O2S/c1-2-11-26-22(28)17-9-4-3-8-16(17)20(24-26)21(27)23-15-18(19-10-7-14-29-19)25-12-5-6-13-25/h3-4,7-10,14,18H,2,5-6,11-13,15H2,1H3,(H,23,27)/t18-/m1/s1. The van der Waals surface area contributed by atoms with Crippen LogP contribution >= 0.6 is 11.3 Å². The number of hydrogen-bond donors (Lipinski definition) is 1. The molecule has 6 nitrogen and oxygen atoms in total. The van der Waals surface area contributed by atoms with Crippen LogP contribution in [0.2, 0.25) is 0 Å². The molecule has 0 unspecified atom stereocenters. The van der Waals surface area contributed by atoms with Crippen LogP contribution in [0.25, 0.3) is 10.8 Å². The van der Waals surface area contributed by atoms with Crippen molar-refractivity contribution in [3.63, 3.8) is 0 Å². The Kier molecular flexibility index (Phi) is 6.06. The Hall–Kier alpha value is -2.51. The van der Waals surface area contributed by atoms with E-state index in [-0.39, 0.29) is 17.5 Å². The van der Waals surface area contributed by atoms with Gasteiger partial charge in [0.1, 0.15) is 0 Å². The summed E-state index contributed by atoms with van der Waals surface area (Å²) >= 11 is 1.72. The van der Waals surface area contributed by atoms with Gasteiger partial charge >= 0.3 is 0 Å². The number of hydrogen-bond acceptors (Lipinski definition) is 5. The third-order valence-electron chi connectivity index (χ3n) is 5.43. The van der Waals surface area contributed by atoms with Crippen LogP contribution in [0.5, 0.6) is 0 Å². The summed E-state index contributed by atoms with van der Waals surface area (Å²) in [5.74, 6) is -0.230. The summed E-state index contributed by atoms with van der Waals surface area (Å²) in [6.07, 6.45) is 3.18. The lowest BCUT2D eigenvalue weighted by molar-refractivity contribution is 0.0933. The zero-order chi connectivity index (χ0) is 20.2. The van der Waals surface area contributed by atoms with Crippen molar-refractivity contribution in [3.05, 3.63) is 62.7 Å². The maximum Gasteiger partial charge on any atom is 0.274 e. The molecule has 1 atom stereocenters. The molecule has 1 aliphatic rings. The number of rotatable bonds is 7. The van der Waals surface area contributed by atoms with Crippen LogP contribution in [0.1, 0.15) is 47.6 Å². The summed E-state index contributed by atoms with van der Waals surface area (Å²) in [5.41, 5.74) is 0.174. The molecule has 4 rings (SSSR count). The smallest absolute Gasteiger partial charge is 0.274 e. The van der Waals surface area contributed by atoms with E-state index in [0.717, 1.165) is 19.5 Å². The molecule has 0 radical (unpaired) electrons. The van der Waals surface area contributed by atoms with Gasteiger partial charge in [0.25, 0.3) is 11.5 Å². The first-order valence-corrected chi connectivity index (χ1v) is 11.1. The van der Waals surface area contributed by atoms with Crippen molar-refractivity contribution >= 4 is 28.0 Å². The van der Waals surface area contributed by atoms with Crippen LogP contribution in [0.4, 0.5) is 0 Å². The number of nitrogens with one attached hydrogen (secondary N) is 1. The summed E-state index contributed by atoms with van der Waals surface area (Å²) in [6.45, 7) is 5.13. The molecule has 1 aromatic carbocycles. The van der Waals surface area contributed by atoms with E-state index in [0.29, 0.717) is 29.6 Å². The molecular formula is C22H26N4O2S. The fourth-order valence-corrected chi connectivity index (χ4v) is 4.84. The van der Waals surface area contributed by atoms with Gasteiger partial charge in [-0.25, -0.2) is 4.68 Å². The minimum Gasteiger partial charge on any atom is -0.349 e. The second-order valence-corrected chi connectivity index (χ2v) is 8.39. The first-order chi connectivity index (χ1) is 14.2. The summed E-state index contributed by atoms with van der Waals surface area (Å²) in [6, 6.07) is 11.6. The molecule has 152 valence electrons. The molecule has 1 N–H and O–H groups in total. The van der Waals surface area contributed by atoms with E-state index < -0.39 is 0 Å². The van der Waals surface area contributed by atoms with Crippen LogP contribution in [0.15, 0.2) is 46.6 Å². The third-order valence-corrected chi connectivity index (χ3v) is 6.40. The number of aromatic nitrogens is 2. The number of fused-ring (bicyclic) bond motifs is 1. The van der Waals surface area contributed by atoms with Crippen molar-refractivity contribution in [2.24, 2.45) is 0 Å².